The smallest absolute Gasteiger partial charge is 0.315 e. The van der Waals surface area contributed by atoms with Gasteiger partial charge in [0.05, 0.1) is 12.8 Å². The fourth-order valence-electron chi connectivity index (χ4n) is 1.03. The molecule has 0 aliphatic rings. The van der Waals surface area contributed by atoms with E-state index in [2.05, 4.69) is 25.6 Å². The lowest BCUT2D eigenvalue weighted by Crippen LogP contribution is -2.27. The Kier molecular flexibility index (Phi) is 5.32. The van der Waals surface area contributed by atoms with E-state index < -0.39 is 10.0 Å². The number of nitrogens with zero attached hydrogens (tertiary/aromatic N) is 2. The van der Waals surface area contributed by atoms with Crippen molar-refractivity contribution < 1.29 is 12.8 Å². The molecule has 0 aliphatic heterocycles. The van der Waals surface area contributed by atoms with Crippen LogP contribution < -0.4 is 15.4 Å². The van der Waals surface area contributed by atoms with Gasteiger partial charge in [0.2, 0.25) is 15.9 Å². The Morgan fingerprint density at radius 3 is 2.71 bits per heavy atom. The average Bonchev–Trinajstić information content (AvgIpc) is 2.68. The van der Waals surface area contributed by atoms with Gasteiger partial charge < -0.3 is 15.1 Å². The highest BCUT2D eigenvalue weighted by Crippen LogP contribution is 2.03. The van der Waals surface area contributed by atoms with E-state index in [1.807, 2.05) is 6.92 Å². The minimum Gasteiger partial charge on any atom is -0.407 e. The molecule has 3 N–H and O–H groups in total. The third kappa shape index (κ3) is 6.19. The van der Waals surface area contributed by atoms with Gasteiger partial charge in [0, 0.05) is 13.1 Å². The van der Waals surface area contributed by atoms with Crippen molar-refractivity contribution in [1.82, 2.24) is 20.2 Å². The van der Waals surface area contributed by atoms with Gasteiger partial charge in [0.25, 0.3) is 0 Å². The Morgan fingerprint density at radius 2 is 2.06 bits per heavy atom. The zero-order valence-corrected chi connectivity index (χ0v) is 10.7. The second-order valence-electron chi connectivity index (χ2n) is 3.37. The number of hydrogen-bond donors (Lipinski definition) is 3. The van der Waals surface area contributed by atoms with Gasteiger partial charge in [-0.25, -0.2) is 13.1 Å². The van der Waals surface area contributed by atoms with Gasteiger partial charge in [-0.15, -0.1) is 5.10 Å². The Bertz CT molecular complexity index is 430. The normalized spacial score (nSPS) is 11.6. The van der Waals surface area contributed by atoms with E-state index in [-0.39, 0.29) is 12.6 Å². The molecule has 0 aliphatic carbocycles. The Labute approximate surface area is 100 Å². The van der Waals surface area contributed by atoms with E-state index in [0.29, 0.717) is 19.0 Å². The molecule has 0 radical (unpaired) electrons. The highest BCUT2D eigenvalue weighted by molar-refractivity contribution is 7.88. The highest BCUT2D eigenvalue weighted by atomic mass is 32.2. The molecule has 1 rings (SSSR count). The van der Waals surface area contributed by atoms with E-state index >= 15 is 0 Å². The maximum atomic E-state index is 10.8. The van der Waals surface area contributed by atoms with E-state index in [9.17, 15) is 8.42 Å². The van der Waals surface area contributed by atoms with Crippen LogP contribution in [0.15, 0.2) is 4.42 Å². The average molecular weight is 263 g/mol. The summed E-state index contributed by atoms with van der Waals surface area (Å²) < 4.78 is 29.1. The predicted molar refractivity (Wildman–Crippen MR) is 63.0 cm³/mol. The molecule has 0 saturated carbocycles. The molecule has 0 saturated heterocycles. The minimum atomic E-state index is -3.15. The number of nitrogens with one attached hydrogen (secondary N) is 3. The Morgan fingerprint density at radius 1 is 1.29 bits per heavy atom. The van der Waals surface area contributed by atoms with Gasteiger partial charge in [-0.3, -0.25) is 0 Å². The summed E-state index contributed by atoms with van der Waals surface area (Å²) in [4.78, 5) is 0. The minimum absolute atomic E-state index is 0.268. The van der Waals surface area contributed by atoms with Crippen LogP contribution in [0.1, 0.15) is 12.8 Å². The zero-order valence-electron chi connectivity index (χ0n) is 9.86. The van der Waals surface area contributed by atoms with Crippen LogP contribution in [0.5, 0.6) is 0 Å². The summed E-state index contributed by atoms with van der Waals surface area (Å²) in [5.41, 5.74) is 0. The van der Waals surface area contributed by atoms with Crippen molar-refractivity contribution in [2.75, 3.05) is 31.2 Å². The van der Waals surface area contributed by atoms with E-state index in [0.717, 1.165) is 12.8 Å². The van der Waals surface area contributed by atoms with Crippen LogP contribution in [-0.2, 0) is 16.6 Å². The molecule has 98 valence electrons. The van der Waals surface area contributed by atoms with Crippen LogP contribution >= 0.6 is 0 Å². The fourth-order valence-corrected chi connectivity index (χ4v) is 1.51. The van der Waals surface area contributed by atoms with Crippen LogP contribution in [0, 0.1) is 0 Å². The molecule has 0 atom stereocenters. The van der Waals surface area contributed by atoms with Gasteiger partial charge in [0.15, 0.2) is 0 Å². The van der Waals surface area contributed by atoms with Crippen LogP contribution in [0.4, 0.5) is 6.01 Å². The molecule has 9 heteroatoms. The maximum absolute atomic E-state index is 10.8. The van der Waals surface area contributed by atoms with E-state index in [1.54, 1.807) is 0 Å². The lowest BCUT2D eigenvalue weighted by molar-refractivity contribution is 0.481. The molecule has 1 heterocycles. The van der Waals surface area contributed by atoms with Crippen molar-refractivity contribution in [3.05, 3.63) is 5.89 Å². The van der Waals surface area contributed by atoms with Crippen molar-refractivity contribution in [2.24, 2.45) is 0 Å². The first-order chi connectivity index (χ1) is 8.01. The first-order valence-electron chi connectivity index (χ1n) is 5.23. The molecular weight excluding hydrogens is 246 g/mol. The fraction of sp³-hybridized carbons (Fsp3) is 0.750. The predicted octanol–water partition coefficient (Wildman–Crippen LogP) is -0.860. The first-order valence-corrected chi connectivity index (χ1v) is 7.12. The summed E-state index contributed by atoms with van der Waals surface area (Å²) in [6, 6.07) is 0.285. The van der Waals surface area contributed by atoms with Gasteiger partial charge in [-0.05, 0) is 6.54 Å². The topological polar surface area (TPSA) is 109 Å². The molecule has 1 aromatic heterocycles. The standard InChI is InChI=1S/C8H17N5O3S/c1-3-9-6-7-12-13-8(16-7)10-4-5-11-17(2,14)15/h9,11H,3-6H2,1-2H3,(H,10,13). The first kappa shape index (κ1) is 13.9. The van der Waals surface area contributed by atoms with Crippen molar-refractivity contribution in [3.63, 3.8) is 0 Å². The molecule has 8 nitrogen and oxygen atoms in total. The Balaban J connectivity index is 2.25. The lowest BCUT2D eigenvalue weighted by atomic mass is 10.6. The third-order valence-electron chi connectivity index (χ3n) is 1.76. The molecule has 0 bridgehead atoms. The molecule has 17 heavy (non-hydrogen) atoms. The van der Waals surface area contributed by atoms with Crippen molar-refractivity contribution in [2.45, 2.75) is 13.5 Å². The lowest BCUT2D eigenvalue weighted by Gasteiger charge is -2.01. The molecule has 0 unspecified atom stereocenters. The number of anilines is 1. The number of aromatic nitrogens is 2. The quantitative estimate of drug-likeness (QED) is 0.523. The molecule has 0 aromatic carbocycles. The number of hydrogen-bond acceptors (Lipinski definition) is 7. The second kappa shape index (κ2) is 6.52. The maximum Gasteiger partial charge on any atom is 0.315 e. The number of sulfonamides is 1. The summed E-state index contributed by atoms with van der Waals surface area (Å²) in [6.07, 6.45) is 1.11. The van der Waals surface area contributed by atoms with Crippen LogP contribution in [0.3, 0.4) is 0 Å². The summed E-state index contributed by atoms with van der Waals surface area (Å²) >= 11 is 0. The summed E-state index contributed by atoms with van der Waals surface area (Å²) in [6.45, 7) is 3.97. The summed E-state index contributed by atoms with van der Waals surface area (Å²) in [7, 11) is -3.15. The molecule has 0 amide bonds. The summed E-state index contributed by atoms with van der Waals surface area (Å²) in [5, 5.41) is 13.4. The summed E-state index contributed by atoms with van der Waals surface area (Å²) in [5.74, 6) is 0.491. The molecule has 0 spiro atoms. The Hall–Kier alpha value is -1.19. The van der Waals surface area contributed by atoms with Crippen LogP contribution in [0.2, 0.25) is 0 Å². The van der Waals surface area contributed by atoms with Crippen molar-refractivity contribution >= 4 is 16.0 Å². The zero-order chi connectivity index (χ0) is 12.7. The SMILES string of the molecule is CCNCc1nnc(NCCNS(C)(=O)=O)o1. The van der Waals surface area contributed by atoms with Crippen LogP contribution in [0.25, 0.3) is 0 Å². The van der Waals surface area contributed by atoms with Crippen LogP contribution in [-0.4, -0.2) is 44.5 Å². The van der Waals surface area contributed by atoms with E-state index in [4.69, 9.17) is 4.42 Å². The van der Waals surface area contributed by atoms with E-state index in [1.165, 1.54) is 0 Å². The molecule has 1 aromatic rings. The largest absolute Gasteiger partial charge is 0.407 e. The van der Waals surface area contributed by atoms with Gasteiger partial charge in [0.1, 0.15) is 0 Å². The van der Waals surface area contributed by atoms with Crippen molar-refractivity contribution in [3.8, 4) is 0 Å². The van der Waals surface area contributed by atoms with Gasteiger partial charge >= 0.3 is 6.01 Å². The monoisotopic (exact) mass is 263 g/mol. The second-order valence-corrected chi connectivity index (χ2v) is 5.21. The van der Waals surface area contributed by atoms with Gasteiger partial charge in [-0.2, -0.15) is 0 Å². The number of rotatable bonds is 8. The van der Waals surface area contributed by atoms with Crippen molar-refractivity contribution in [1.29, 1.82) is 0 Å². The highest BCUT2D eigenvalue weighted by Gasteiger charge is 2.04. The molecule has 0 fully saturated rings. The third-order valence-corrected chi connectivity index (χ3v) is 2.49. The van der Waals surface area contributed by atoms with Gasteiger partial charge in [-0.1, -0.05) is 12.0 Å². The molecular formula is C8H17N5O3S.